The first kappa shape index (κ1) is 16.9. The number of rotatable bonds is 4. The molecule has 0 aliphatic carbocycles. The summed E-state index contributed by atoms with van der Waals surface area (Å²) in [5.41, 5.74) is 2.26. The van der Waals surface area contributed by atoms with E-state index in [4.69, 9.17) is 4.42 Å². The normalized spacial score (nSPS) is 15.9. The molecule has 25 heavy (non-hydrogen) atoms. The van der Waals surface area contributed by atoms with Crippen LogP contribution < -0.4 is 5.32 Å². The molecule has 0 spiro atoms. The van der Waals surface area contributed by atoms with E-state index in [-0.39, 0.29) is 11.6 Å². The molecule has 1 saturated heterocycles. The van der Waals surface area contributed by atoms with Crippen LogP contribution in [0.15, 0.2) is 38.9 Å². The van der Waals surface area contributed by atoms with E-state index in [0.717, 1.165) is 11.1 Å². The van der Waals surface area contributed by atoms with Gasteiger partial charge in [-0.25, -0.2) is 0 Å². The van der Waals surface area contributed by atoms with Gasteiger partial charge >= 0.3 is 0 Å². The van der Waals surface area contributed by atoms with Crippen molar-refractivity contribution in [1.29, 1.82) is 0 Å². The number of amidine groups is 1. The molecule has 8 nitrogen and oxygen atoms in total. The number of carbonyl (C=O) groups excluding carboxylic acids is 1. The lowest BCUT2D eigenvalue weighted by Gasteiger charge is -2.06. The summed E-state index contributed by atoms with van der Waals surface area (Å²) in [6.45, 7) is 3.53. The number of furan rings is 1. The molecule has 1 aromatic heterocycles. The third-order valence-corrected chi connectivity index (χ3v) is 4.63. The second-order valence-electron chi connectivity index (χ2n) is 5.33. The highest BCUT2D eigenvalue weighted by Gasteiger charge is 2.17. The third-order valence-electron chi connectivity index (χ3n) is 3.77. The summed E-state index contributed by atoms with van der Waals surface area (Å²) >= 11 is 1.28. The van der Waals surface area contributed by atoms with Gasteiger partial charge in [-0.15, -0.1) is 5.10 Å². The van der Waals surface area contributed by atoms with Crippen molar-refractivity contribution in [2.45, 2.75) is 13.8 Å². The molecule has 1 aromatic carbocycles. The molecule has 0 unspecified atom stereocenters. The number of hydrogen-bond acceptors (Lipinski definition) is 7. The molecule has 1 aliphatic rings. The van der Waals surface area contributed by atoms with Gasteiger partial charge in [0.15, 0.2) is 5.17 Å². The molecule has 9 heteroatoms. The lowest BCUT2D eigenvalue weighted by Crippen LogP contribution is -2.19. The summed E-state index contributed by atoms with van der Waals surface area (Å²) in [5.74, 6) is 1.33. The molecule has 0 atom stereocenters. The van der Waals surface area contributed by atoms with Crippen LogP contribution in [0, 0.1) is 24.0 Å². The first-order valence-electron chi connectivity index (χ1n) is 7.34. The van der Waals surface area contributed by atoms with Crippen LogP contribution in [0.3, 0.4) is 0 Å². The Bertz CT molecular complexity index is 917. The summed E-state index contributed by atoms with van der Waals surface area (Å²) in [4.78, 5) is 21.6. The zero-order valence-electron chi connectivity index (χ0n) is 13.5. The number of amides is 1. The van der Waals surface area contributed by atoms with Crippen molar-refractivity contribution < 1.29 is 14.1 Å². The molecule has 0 bridgehead atoms. The highest BCUT2D eigenvalue weighted by Crippen LogP contribution is 2.31. The molecule has 3 rings (SSSR count). The van der Waals surface area contributed by atoms with E-state index in [1.807, 2.05) is 6.92 Å². The van der Waals surface area contributed by atoms with E-state index in [0.29, 0.717) is 28.0 Å². The fraction of sp³-hybridized carbons (Fsp3) is 0.188. The van der Waals surface area contributed by atoms with Gasteiger partial charge in [-0.2, -0.15) is 5.10 Å². The first-order valence-corrected chi connectivity index (χ1v) is 8.32. The number of benzene rings is 1. The topological polar surface area (TPSA) is 110 Å². The van der Waals surface area contributed by atoms with E-state index >= 15 is 0 Å². The standard InChI is InChI=1S/C16H14N4O4S/c1-9-10(2)13(20(22)23)5-4-12(9)14-6-3-11(24-14)7-17-19-16-18-15(21)8-25-16/h3-7H,8H2,1-2H3,(H,18,19,21)/b17-7-. The van der Waals surface area contributed by atoms with Gasteiger partial charge < -0.3 is 9.73 Å². The van der Waals surface area contributed by atoms with Gasteiger partial charge in [0, 0.05) is 17.2 Å². The number of nitro benzene ring substituents is 1. The van der Waals surface area contributed by atoms with Gasteiger partial charge in [0.2, 0.25) is 5.91 Å². The Labute approximate surface area is 147 Å². The average molecular weight is 358 g/mol. The van der Waals surface area contributed by atoms with Crippen LogP contribution >= 0.6 is 11.8 Å². The molecular weight excluding hydrogens is 344 g/mol. The zero-order chi connectivity index (χ0) is 18.0. The number of carbonyl (C=O) groups is 1. The summed E-state index contributed by atoms with van der Waals surface area (Å²) in [5, 5.41) is 21.8. The van der Waals surface area contributed by atoms with Crippen molar-refractivity contribution >= 4 is 34.7 Å². The predicted octanol–water partition coefficient (Wildman–Crippen LogP) is 3.02. The maximum atomic E-state index is 11.0. The van der Waals surface area contributed by atoms with E-state index in [1.54, 1.807) is 25.1 Å². The third kappa shape index (κ3) is 3.61. The van der Waals surface area contributed by atoms with E-state index in [9.17, 15) is 14.9 Å². The number of thioether (sulfide) groups is 1. The number of nitrogens with zero attached hydrogens (tertiary/aromatic N) is 3. The second kappa shape index (κ2) is 6.89. The minimum atomic E-state index is -0.398. The van der Waals surface area contributed by atoms with Crippen LogP contribution in [0.5, 0.6) is 0 Å². The molecular formula is C16H14N4O4S. The number of hydrogen-bond donors (Lipinski definition) is 1. The minimum absolute atomic E-state index is 0.0847. The maximum Gasteiger partial charge on any atom is 0.272 e. The van der Waals surface area contributed by atoms with Crippen molar-refractivity contribution in [1.82, 2.24) is 5.32 Å². The van der Waals surface area contributed by atoms with Crippen LogP contribution in [0.1, 0.15) is 16.9 Å². The van der Waals surface area contributed by atoms with Gasteiger partial charge in [-0.1, -0.05) is 11.8 Å². The molecule has 0 saturated carbocycles. The maximum absolute atomic E-state index is 11.0. The summed E-state index contributed by atoms with van der Waals surface area (Å²) in [6.07, 6.45) is 1.44. The molecule has 1 fully saturated rings. The smallest absolute Gasteiger partial charge is 0.272 e. The van der Waals surface area contributed by atoms with E-state index < -0.39 is 4.92 Å². The van der Waals surface area contributed by atoms with Gasteiger partial charge in [-0.05, 0) is 37.6 Å². The Kier molecular flexibility index (Phi) is 4.66. The average Bonchev–Trinajstić information content (AvgIpc) is 3.19. The second-order valence-corrected chi connectivity index (χ2v) is 6.29. The first-order chi connectivity index (χ1) is 12.0. The Morgan fingerprint density at radius 1 is 1.28 bits per heavy atom. The Morgan fingerprint density at radius 2 is 2.08 bits per heavy atom. The van der Waals surface area contributed by atoms with Gasteiger partial charge in [0.25, 0.3) is 5.69 Å². The lowest BCUT2D eigenvalue weighted by atomic mass is 10.00. The molecule has 2 aromatic rings. The van der Waals surface area contributed by atoms with Crippen molar-refractivity contribution in [2.75, 3.05) is 5.75 Å². The molecule has 2 heterocycles. The quantitative estimate of drug-likeness (QED) is 0.513. The van der Waals surface area contributed by atoms with Crippen molar-refractivity contribution in [2.24, 2.45) is 10.2 Å². The molecule has 0 radical (unpaired) electrons. The van der Waals surface area contributed by atoms with Crippen LogP contribution in [0.25, 0.3) is 11.3 Å². The Hall–Kier alpha value is -2.94. The Morgan fingerprint density at radius 3 is 2.76 bits per heavy atom. The fourth-order valence-corrected chi connectivity index (χ4v) is 2.99. The predicted molar refractivity (Wildman–Crippen MR) is 95.9 cm³/mol. The monoisotopic (exact) mass is 358 g/mol. The lowest BCUT2D eigenvalue weighted by molar-refractivity contribution is -0.385. The van der Waals surface area contributed by atoms with Crippen LogP contribution in [0.2, 0.25) is 0 Å². The van der Waals surface area contributed by atoms with Crippen molar-refractivity contribution in [3.8, 4) is 11.3 Å². The summed E-state index contributed by atoms with van der Waals surface area (Å²) in [6, 6.07) is 6.65. The number of nitrogens with one attached hydrogen (secondary N) is 1. The SMILES string of the molecule is Cc1c(-c2ccc(/C=N\N=C3/NC(=O)CS3)o2)ccc([N+](=O)[O-])c1C. The van der Waals surface area contributed by atoms with Crippen molar-refractivity contribution in [3.05, 3.63) is 51.3 Å². The van der Waals surface area contributed by atoms with Gasteiger partial charge in [0.1, 0.15) is 11.5 Å². The minimum Gasteiger partial charge on any atom is -0.455 e. The van der Waals surface area contributed by atoms with Crippen LogP contribution in [-0.4, -0.2) is 28.0 Å². The fourth-order valence-electron chi connectivity index (χ4n) is 2.36. The summed E-state index contributed by atoms with van der Waals surface area (Å²) in [7, 11) is 0. The molecule has 1 N–H and O–H groups in total. The summed E-state index contributed by atoms with van der Waals surface area (Å²) < 4.78 is 5.71. The van der Waals surface area contributed by atoms with Gasteiger partial charge in [0.05, 0.1) is 16.9 Å². The zero-order valence-corrected chi connectivity index (χ0v) is 14.3. The van der Waals surface area contributed by atoms with Crippen LogP contribution in [-0.2, 0) is 4.79 Å². The molecule has 128 valence electrons. The van der Waals surface area contributed by atoms with Crippen LogP contribution in [0.4, 0.5) is 5.69 Å². The van der Waals surface area contributed by atoms with Crippen molar-refractivity contribution in [3.63, 3.8) is 0 Å². The van der Waals surface area contributed by atoms with E-state index in [1.165, 1.54) is 24.0 Å². The highest BCUT2D eigenvalue weighted by atomic mass is 32.2. The van der Waals surface area contributed by atoms with E-state index in [2.05, 4.69) is 15.5 Å². The number of nitro groups is 1. The molecule has 1 amide bonds. The van der Waals surface area contributed by atoms with Gasteiger partial charge in [-0.3, -0.25) is 14.9 Å². The largest absolute Gasteiger partial charge is 0.455 e. The highest BCUT2D eigenvalue weighted by molar-refractivity contribution is 8.15. The molecule has 1 aliphatic heterocycles. The Balaban J connectivity index is 1.81.